The van der Waals surface area contributed by atoms with Crippen LogP contribution in [0.5, 0.6) is 5.75 Å². The van der Waals surface area contributed by atoms with Crippen molar-refractivity contribution in [1.82, 2.24) is 15.5 Å². The first kappa shape index (κ1) is 22.6. The minimum Gasteiger partial charge on any atom is -0.489 e. The summed E-state index contributed by atoms with van der Waals surface area (Å²) in [7, 11) is 0. The van der Waals surface area contributed by atoms with E-state index in [0.29, 0.717) is 34.7 Å². The van der Waals surface area contributed by atoms with Gasteiger partial charge in [0.15, 0.2) is 0 Å². The van der Waals surface area contributed by atoms with Crippen molar-refractivity contribution in [2.45, 2.75) is 26.5 Å². The number of aromatic nitrogens is 2. The highest BCUT2D eigenvalue weighted by molar-refractivity contribution is 6.30. The summed E-state index contributed by atoms with van der Waals surface area (Å²) in [5.41, 5.74) is 2.38. The lowest BCUT2D eigenvalue weighted by molar-refractivity contribution is 0.0914. The molecular weight excluding hydrogens is 438 g/mol. The maximum Gasteiger partial charge on any atom is 0.251 e. The van der Waals surface area contributed by atoms with Crippen LogP contribution >= 0.6 is 11.6 Å². The van der Waals surface area contributed by atoms with Crippen LogP contribution in [0.2, 0.25) is 5.02 Å². The molecule has 1 atom stereocenters. The first-order chi connectivity index (χ1) is 16.0. The van der Waals surface area contributed by atoms with Crippen molar-refractivity contribution in [3.8, 4) is 17.1 Å². The molecule has 3 aromatic carbocycles. The van der Waals surface area contributed by atoms with Gasteiger partial charge in [-0.05, 0) is 47.9 Å². The Morgan fingerprint density at radius 2 is 1.70 bits per heavy atom. The summed E-state index contributed by atoms with van der Waals surface area (Å²) in [5.74, 6) is 1.37. The predicted molar refractivity (Wildman–Crippen MR) is 127 cm³/mol. The van der Waals surface area contributed by atoms with Crippen molar-refractivity contribution in [3.63, 3.8) is 0 Å². The number of carbonyl (C=O) groups is 1. The highest BCUT2D eigenvalue weighted by Crippen LogP contribution is 2.24. The van der Waals surface area contributed by atoms with Gasteiger partial charge < -0.3 is 14.6 Å². The van der Waals surface area contributed by atoms with Crippen molar-refractivity contribution in [2.75, 3.05) is 0 Å². The summed E-state index contributed by atoms with van der Waals surface area (Å²) in [6.07, 6.45) is 0. The number of ether oxygens (including phenoxy) is 1. The molecule has 0 bridgehead atoms. The molecule has 0 saturated heterocycles. The minimum atomic E-state index is -0.414. The third-order valence-electron chi connectivity index (χ3n) is 5.13. The molecule has 0 saturated carbocycles. The average Bonchev–Trinajstić information content (AvgIpc) is 3.32. The Hall–Kier alpha value is -3.64. The van der Waals surface area contributed by atoms with Crippen molar-refractivity contribution in [1.29, 1.82) is 0 Å². The summed E-state index contributed by atoms with van der Waals surface area (Å²) in [4.78, 5) is 17.4. The number of benzene rings is 3. The summed E-state index contributed by atoms with van der Waals surface area (Å²) < 4.78 is 11.3. The number of hydrogen-bond donors (Lipinski definition) is 1. The smallest absolute Gasteiger partial charge is 0.251 e. The molecule has 1 N–H and O–H groups in total. The van der Waals surface area contributed by atoms with E-state index in [0.717, 1.165) is 11.1 Å². The fraction of sp³-hybridized carbons (Fsp3) is 0.192. The lowest BCUT2D eigenvalue weighted by Crippen LogP contribution is -2.32. The van der Waals surface area contributed by atoms with Gasteiger partial charge in [-0.3, -0.25) is 4.79 Å². The number of rotatable bonds is 8. The number of nitrogens with one attached hydrogen (secondary N) is 1. The van der Waals surface area contributed by atoms with Crippen LogP contribution in [0.1, 0.15) is 41.7 Å². The maximum atomic E-state index is 12.9. The van der Waals surface area contributed by atoms with E-state index < -0.39 is 6.04 Å². The van der Waals surface area contributed by atoms with E-state index in [-0.39, 0.29) is 11.8 Å². The van der Waals surface area contributed by atoms with Crippen LogP contribution in [0, 0.1) is 5.92 Å². The van der Waals surface area contributed by atoms with Gasteiger partial charge in [-0.1, -0.05) is 73.1 Å². The van der Waals surface area contributed by atoms with Crippen LogP contribution in [-0.2, 0) is 6.61 Å². The molecular formula is C26H24ClN3O3. The van der Waals surface area contributed by atoms with Gasteiger partial charge in [0.1, 0.15) is 18.4 Å². The number of amides is 1. The molecule has 0 unspecified atom stereocenters. The fourth-order valence-corrected chi connectivity index (χ4v) is 3.38. The third kappa shape index (κ3) is 5.79. The largest absolute Gasteiger partial charge is 0.489 e. The Labute approximate surface area is 197 Å². The van der Waals surface area contributed by atoms with E-state index in [9.17, 15) is 4.79 Å². The summed E-state index contributed by atoms with van der Waals surface area (Å²) in [6.45, 7) is 4.40. The molecule has 6 nitrogen and oxygen atoms in total. The van der Waals surface area contributed by atoms with E-state index in [2.05, 4.69) is 15.5 Å². The Morgan fingerprint density at radius 3 is 2.36 bits per heavy atom. The standard InChI is InChI=1S/C26H24ClN3O3/c1-17(2)23(26-29-24(30-33-26)19-6-4-3-5-7-19)28-25(31)20-10-14-22(15-11-20)32-16-18-8-12-21(27)13-9-18/h3-15,17,23H,16H2,1-2H3,(H,28,31)/t23-/m1/s1. The molecule has 4 rings (SSSR count). The topological polar surface area (TPSA) is 77.2 Å². The summed E-state index contributed by atoms with van der Waals surface area (Å²) in [6, 6.07) is 23.6. The van der Waals surface area contributed by atoms with Gasteiger partial charge >= 0.3 is 0 Å². The van der Waals surface area contributed by atoms with Crippen molar-refractivity contribution in [2.24, 2.45) is 5.92 Å². The molecule has 0 aliphatic heterocycles. The van der Waals surface area contributed by atoms with E-state index in [1.165, 1.54) is 0 Å². The lowest BCUT2D eigenvalue weighted by atomic mass is 10.0. The van der Waals surface area contributed by atoms with Crippen molar-refractivity contribution < 1.29 is 14.1 Å². The number of carbonyl (C=O) groups excluding carboxylic acids is 1. The second-order valence-corrected chi connectivity index (χ2v) is 8.39. The molecule has 0 fully saturated rings. The monoisotopic (exact) mass is 461 g/mol. The zero-order chi connectivity index (χ0) is 23.2. The Morgan fingerprint density at radius 1 is 1.00 bits per heavy atom. The lowest BCUT2D eigenvalue weighted by Gasteiger charge is -2.18. The zero-order valence-corrected chi connectivity index (χ0v) is 19.1. The molecule has 0 spiro atoms. The van der Waals surface area contributed by atoms with E-state index in [1.807, 2.05) is 68.4 Å². The Balaban J connectivity index is 1.40. The van der Waals surface area contributed by atoms with Crippen LogP contribution < -0.4 is 10.1 Å². The van der Waals surface area contributed by atoms with E-state index in [1.54, 1.807) is 24.3 Å². The first-order valence-corrected chi connectivity index (χ1v) is 11.0. The van der Waals surface area contributed by atoms with Gasteiger partial charge in [-0.25, -0.2) is 0 Å². The molecule has 1 amide bonds. The average molecular weight is 462 g/mol. The minimum absolute atomic E-state index is 0.0556. The fourth-order valence-electron chi connectivity index (χ4n) is 3.25. The van der Waals surface area contributed by atoms with Crippen molar-refractivity contribution in [3.05, 3.63) is 101 Å². The molecule has 1 heterocycles. The van der Waals surface area contributed by atoms with Crippen LogP contribution in [0.25, 0.3) is 11.4 Å². The zero-order valence-electron chi connectivity index (χ0n) is 18.4. The van der Waals surface area contributed by atoms with Gasteiger partial charge in [0.2, 0.25) is 11.7 Å². The van der Waals surface area contributed by atoms with Crippen LogP contribution in [0.15, 0.2) is 83.4 Å². The van der Waals surface area contributed by atoms with Gasteiger partial charge in [0.25, 0.3) is 5.91 Å². The number of nitrogens with zero attached hydrogens (tertiary/aromatic N) is 2. The van der Waals surface area contributed by atoms with Gasteiger partial charge in [-0.2, -0.15) is 4.98 Å². The number of halogens is 1. The Kier molecular flexibility index (Phi) is 7.05. The second kappa shape index (κ2) is 10.3. The van der Waals surface area contributed by atoms with Crippen LogP contribution in [0.4, 0.5) is 0 Å². The highest BCUT2D eigenvalue weighted by atomic mass is 35.5. The molecule has 33 heavy (non-hydrogen) atoms. The van der Waals surface area contributed by atoms with E-state index >= 15 is 0 Å². The van der Waals surface area contributed by atoms with E-state index in [4.69, 9.17) is 20.9 Å². The molecule has 168 valence electrons. The Bertz CT molecular complexity index is 1190. The first-order valence-electron chi connectivity index (χ1n) is 10.7. The molecule has 0 aliphatic rings. The SMILES string of the molecule is CC(C)[C@@H](NC(=O)c1ccc(OCc2ccc(Cl)cc2)cc1)c1nc(-c2ccccc2)no1. The molecule has 7 heteroatoms. The highest BCUT2D eigenvalue weighted by Gasteiger charge is 2.25. The molecule has 1 aromatic heterocycles. The third-order valence-corrected chi connectivity index (χ3v) is 5.38. The molecule has 4 aromatic rings. The summed E-state index contributed by atoms with van der Waals surface area (Å²) >= 11 is 5.91. The second-order valence-electron chi connectivity index (χ2n) is 7.96. The van der Waals surface area contributed by atoms with Crippen LogP contribution in [0.3, 0.4) is 0 Å². The quantitative estimate of drug-likeness (QED) is 0.343. The number of hydrogen-bond acceptors (Lipinski definition) is 5. The predicted octanol–water partition coefficient (Wildman–Crippen LogP) is 6.10. The maximum absolute atomic E-state index is 12.9. The van der Waals surface area contributed by atoms with Gasteiger partial charge in [-0.15, -0.1) is 0 Å². The normalized spacial score (nSPS) is 11.9. The van der Waals surface area contributed by atoms with Crippen molar-refractivity contribution >= 4 is 17.5 Å². The molecule has 0 radical (unpaired) electrons. The van der Waals surface area contributed by atoms with Gasteiger partial charge in [0, 0.05) is 16.1 Å². The van der Waals surface area contributed by atoms with Gasteiger partial charge in [0.05, 0.1) is 0 Å². The summed E-state index contributed by atoms with van der Waals surface area (Å²) in [5, 5.41) is 7.76. The van der Waals surface area contributed by atoms with Crippen LogP contribution in [-0.4, -0.2) is 16.0 Å². The molecule has 0 aliphatic carbocycles.